The molecular weight excluding hydrogens is 526 g/mol. The van der Waals surface area contributed by atoms with Crippen LogP contribution in [0.5, 0.6) is 5.75 Å². The summed E-state index contributed by atoms with van der Waals surface area (Å²) in [6, 6.07) is 8.17. The molecule has 6 rings (SSSR count). The number of fused-ring (bicyclic) bond motifs is 2. The van der Waals surface area contributed by atoms with Gasteiger partial charge in [0, 0.05) is 61.3 Å². The Balaban J connectivity index is 1.10. The van der Waals surface area contributed by atoms with E-state index in [-0.39, 0.29) is 17.9 Å². The number of piperidine rings is 1. The van der Waals surface area contributed by atoms with E-state index in [4.69, 9.17) is 20.6 Å². The van der Waals surface area contributed by atoms with Crippen molar-refractivity contribution in [1.82, 2.24) is 15.1 Å². The molecule has 1 saturated carbocycles. The highest BCUT2D eigenvalue weighted by atomic mass is 16.5. The van der Waals surface area contributed by atoms with E-state index in [1.54, 1.807) is 6.07 Å². The zero-order chi connectivity index (χ0) is 29.1. The quantitative estimate of drug-likeness (QED) is 0.233. The van der Waals surface area contributed by atoms with Gasteiger partial charge in [-0.15, -0.1) is 0 Å². The summed E-state index contributed by atoms with van der Waals surface area (Å²) in [6.07, 6.45) is 20.1. The number of para-hydroxylation sites is 1. The Morgan fingerprint density at radius 2 is 1.83 bits per heavy atom. The maximum Gasteiger partial charge on any atom is 0.139 e. The molecule has 1 aromatic carbocycles. The fourth-order valence-corrected chi connectivity index (χ4v) is 7.30. The van der Waals surface area contributed by atoms with E-state index in [1.807, 2.05) is 18.2 Å². The molecule has 8 heteroatoms. The number of likely N-dealkylation sites (tertiary alicyclic amines) is 1. The Morgan fingerprint density at radius 1 is 1.10 bits per heavy atom. The number of allylic oxidation sites excluding steroid dienone is 5. The zero-order valence-electron chi connectivity index (χ0n) is 24.9. The minimum absolute atomic E-state index is 0.00528. The number of nitrogens with zero attached hydrogens (tertiary/aromatic N) is 2. The molecule has 3 unspecified atom stereocenters. The molecule has 4 fully saturated rings. The fraction of sp³-hybridized carbons (Fsp3) is 0.559. The van der Waals surface area contributed by atoms with E-state index in [0.29, 0.717) is 30.0 Å². The SMILES string of the molecule is CCC(/C=C(\C(=N)N)N1CC2CCC(C1)N2C1=CC(OC2CC(OC3CCNCC3)C2)=CCC=C1)c1ccccc1O. The van der Waals surface area contributed by atoms with Crippen molar-refractivity contribution in [1.29, 1.82) is 5.41 Å². The molecule has 3 heterocycles. The number of benzene rings is 1. The third-order valence-corrected chi connectivity index (χ3v) is 9.59. The van der Waals surface area contributed by atoms with Crippen molar-refractivity contribution >= 4 is 5.84 Å². The van der Waals surface area contributed by atoms with Gasteiger partial charge in [0.1, 0.15) is 23.4 Å². The van der Waals surface area contributed by atoms with Gasteiger partial charge >= 0.3 is 0 Å². The van der Waals surface area contributed by atoms with Gasteiger partial charge in [0.15, 0.2) is 0 Å². The topological polar surface area (TPSA) is 107 Å². The van der Waals surface area contributed by atoms with Crippen molar-refractivity contribution in [3.8, 4) is 5.75 Å². The molecule has 2 aliphatic carbocycles. The second kappa shape index (κ2) is 13.0. The van der Waals surface area contributed by atoms with Gasteiger partial charge < -0.3 is 35.4 Å². The summed E-state index contributed by atoms with van der Waals surface area (Å²) in [5, 5.41) is 22.3. The van der Waals surface area contributed by atoms with E-state index in [2.05, 4.69) is 52.4 Å². The number of nitrogens with one attached hydrogen (secondary N) is 2. The number of phenolic OH excluding ortho intramolecular Hbond substituents is 1. The second-order valence-electron chi connectivity index (χ2n) is 12.5. The van der Waals surface area contributed by atoms with Crippen LogP contribution in [0.2, 0.25) is 0 Å². The Morgan fingerprint density at radius 3 is 2.52 bits per heavy atom. The lowest BCUT2D eigenvalue weighted by molar-refractivity contribution is -0.116. The van der Waals surface area contributed by atoms with Crippen LogP contribution < -0.4 is 11.1 Å². The number of ether oxygens (including phenoxy) is 2. The maximum atomic E-state index is 10.5. The molecule has 0 spiro atoms. The lowest BCUT2D eigenvalue weighted by atomic mass is 9.91. The van der Waals surface area contributed by atoms with Crippen LogP contribution in [0.3, 0.4) is 0 Å². The van der Waals surface area contributed by atoms with E-state index in [0.717, 1.165) is 94.6 Å². The summed E-state index contributed by atoms with van der Waals surface area (Å²) >= 11 is 0. The molecule has 3 atom stereocenters. The molecule has 5 N–H and O–H groups in total. The molecule has 42 heavy (non-hydrogen) atoms. The number of nitrogens with two attached hydrogens (primary N) is 1. The Labute approximate surface area is 250 Å². The van der Waals surface area contributed by atoms with Gasteiger partial charge in [0.25, 0.3) is 0 Å². The van der Waals surface area contributed by atoms with E-state index in [9.17, 15) is 5.11 Å². The summed E-state index contributed by atoms with van der Waals surface area (Å²) < 4.78 is 12.8. The standard InChI is InChI=1S/C34H47N5O3/c1-2-23(31-9-5-6-10-33(31)40)17-32(34(35)36)38-21-25-11-12-26(22-38)39(25)24-7-3-4-8-28(18-24)42-30-19-29(20-30)41-27-13-15-37-16-14-27/h3,5-10,17-18,23,25-27,29-30,37,40H,2,4,11-16,19-22H2,1H3,(H3,35,36)/b32-17+. The summed E-state index contributed by atoms with van der Waals surface area (Å²) in [4.78, 5) is 4.88. The van der Waals surface area contributed by atoms with E-state index >= 15 is 0 Å². The van der Waals surface area contributed by atoms with Gasteiger partial charge in [-0.05, 0) is 75.9 Å². The summed E-state index contributed by atoms with van der Waals surface area (Å²) in [5.74, 6) is 1.35. The van der Waals surface area contributed by atoms with Crippen molar-refractivity contribution < 1.29 is 14.6 Å². The first-order valence-corrected chi connectivity index (χ1v) is 16.0. The molecule has 1 aromatic rings. The Hall–Kier alpha value is -3.23. The second-order valence-corrected chi connectivity index (χ2v) is 12.5. The van der Waals surface area contributed by atoms with Gasteiger partial charge in [0.2, 0.25) is 0 Å². The number of amidine groups is 1. The Bertz CT molecular complexity index is 1230. The minimum Gasteiger partial charge on any atom is -0.508 e. The Kier molecular flexibility index (Phi) is 8.91. The van der Waals surface area contributed by atoms with Crippen LogP contribution in [-0.2, 0) is 9.47 Å². The monoisotopic (exact) mass is 573 g/mol. The predicted octanol–water partition coefficient (Wildman–Crippen LogP) is 4.90. The third kappa shape index (κ3) is 6.40. The molecule has 5 aliphatic rings. The summed E-state index contributed by atoms with van der Waals surface area (Å²) in [6.45, 7) is 5.87. The average molecular weight is 574 g/mol. The highest BCUT2D eigenvalue weighted by Gasteiger charge is 2.42. The zero-order valence-corrected chi connectivity index (χ0v) is 24.9. The lowest BCUT2D eigenvalue weighted by Crippen LogP contribution is -2.53. The summed E-state index contributed by atoms with van der Waals surface area (Å²) in [7, 11) is 0. The number of hydrogen-bond acceptors (Lipinski definition) is 7. The molecule has 3 saturated heterocycles. The van der Waals surface area contributed by atoms with Crippen LogP contribution in [-0.4, -0.2) is 77.3 Å². The molecule has 0 amide bonds. The number of aromatic hydroxyl groups is 1. The number of hydrogen-bond donors (Lipinski definition) is 4. The van der Waals surface area contributed by atoms with Crippen LogP contribution in [0.15, 0.2) is 71.8 Å². The van der Waals surface area contributed by atoms with Crippen LogP contribution in [0, 0.1) is 5.41 Å². The van der Waals surface area contributed by atoms with Gasteiger partial charge in [-0.2, -0.15) is 0 Å². The van der Waals surface area contributed by atoms with Gasteiger partial charge in [0.05, 0.1) is 17.9 Å². The van der Waals surface area contributed by atoms with Crippen LogP contribution in [0.1, 0.15) is 69.8 Å². The molecule has 3 aliphatic heterocycles. The van der Waals surface area contributed by atoms with Crippen molar-refractivity contribution in [3.05, 3.63) is 77.4 Å². The first-order chi connectivity index (χ1) is 20.5. The van der Waals surface area contributed by atoms with Gasteiger partial charge in [-0.1, -0.05) is 31.2 Å². The van der Waals surface area contributed by atoms with E-state index in [1.165, 1.54) is 5.70 Å². The molecule has 0 aromatic heterocycles. The molecule has 8 nitrogen and oxygen atoms in total. The highest BCUT2D eigenvalue weighted by Crippen LogP contribution is 2.38. The van der Waals surface area contributed by atoms with Crippen molar-refractivity contribution in [2.75, 3.05) is 26.2 Å². The van der Waals surface area contributed by atoms with Crippen LogP contribution >= 0.6 is 0 Å². The molecular formula is C34H47N5O3. The van der Waals surface area contributed by atoms with Crippen LogP contribution in [0.25, 0.3) is 0 Å². The first-order valence-electron chi connectivity index (χ1n) is 16.0. The van der Waals surface area contributed by atoms with Crippen LogP contribution in [0.4, 0.5) is 0 Å². The normalized spacial score (nSPS) is 28.9. The summed E-state index contributed by atoms with van der Waals surface area (Å²) in [5.41, 5.74) is 9.06. The first kappa shape index (κ1) is 28.9. The smallest absolute Gasteiger partial charge is 0.139 e. The number of rotatable bonds is 10. The lowest BCUT2D eigenvalue weighted by Gasteiger charge is -2.45. The molecule has 226 valence electrons. The maximum absolute atomic E-state index is 10.5. The largest absolute Gasteiger partial charge is 0.508 e. The minimum atomic E-state index is -0.00528. The number of piperazine rings is 1. The highest BCUT2D eigenvalue weighted by molar-refractivity contribution is 5.94. The van der Waals surface area contributed by atoms with Crippen molar-refractivity contribution in [3.63, 3.8) is 0 Å². The molecule has 0 radical (unpaired) electrons. The number of phenols is 1. The fourth-order valence-electron chi connectivity index (χ4n) is 7.30. The van der Waals surface area contributed by atoms with Crippen molar-refractivity contribution in [2.24, 2.45) is 5.73 Å². The van der Waals surface area contributed by atoms with Crippen molar-refractivity contribution in [2.45, 2.75) is 94.6 Å². The van der Waals surface area contributed by atoms with Gasteiger partial charge in [-0.25, -0.2) is 0 Å². The third-order valence-electron chi connectivity index (χ3n) is 9.59. The van der Waals surface area contributed by atoms with Gasteiger partial charge in [-0.3, -0.25) is 5.41 Å². The average Bonchev–Trinajstić information content (AvgIpc) is 3.11. The predicted molar refractivity (Wildman–Crippen MR) is 166 cm³/mol. The molecule has 2 bridgehead atoms. The van der Waals surface area contributed by atoms with E-state index < -0.39 is 0 Å².